The molecule has 8 heteroatoms. The number of nitrogens with one attached hydrogen (secondary N) is 2. The van der Waals surface area contributed by atoms with E-state index >= 15 is 0 Å². The first-order valence-electron chi connectivity index (χ1n) is 6.29. The number of benzene rings is 1. The third-order valence-corrected chi connectivity index (χ3v) is 4.42. The Morgan fingerprint density at radius 3 is 2.85 bits per heavy atom. The molecule has 0 radical (unpaired) electrons. The van der Waals surface area contributed by atoms with Crippen molar-refractivity contribution in [1.29, 1.82) is 0 Å². The van der Waals surface area contributed by atoms with E-state index in [0.29, 0.717) is 17.0 Å². The van der Waals surface area contributed by atoms with Gasteiger partial charge in [0.25, 0.3) is 0 Å². The summed E-state index contributed by atoms with van der Waals surface area (Å²) in [5.74, 6) is 0.356. The van der Waals surface area contributed by atoms with Gasteiger partial charge in [0, 0.05) is 17.6 Å². The van der Waals surface area contributed by atoms with Crippen molar-refractivity contribution in [3.8, 4) is 0 Å². The molecule has 0 amide bonds. The lowest BCUT2D eigenvalue weighted by Gasteiger charge is -2.06. The molecule has 1 aromatic rings. The number of nitrogens with two attached hydrogens (primary N) is 1. The smallest absolute Gasteiger partial charge is 0.240 e. The summed E-state index contributed by atoms with van der Waals surface area (Å²) < 4.78 is 26.4. The van der Waals surface area contributed by atoms with Crippen molar-refractivity contribution in [2.45, 2.75) is 23.8 Å². The van der Waals surface area contributed by atoms with Gasteiger partial charge in [-0.3, -0.25) is 4.99 Å². The molecule has 0 aliphatic heterocycles. The van der Waals surface area contributed by atoms with Crippen LogP contribution in [0.2, 0.25) is 5.02 Å². The van der Waals surface area contributed by atoms with Crippen molar-refractivity contribution in [1.82, 2.24) is 10.0 Å². The predicted octanol–water partition coefficient (Wildman–Crippen LogP) is 0.685. The van der Waals surface area contributed by atoms with Crippen molar-refractivity contribution in [2.75, 3.05) is 13.1 Å². The van der Waals surface area contributed by atoms with E-state index in [1.807, 2.05) is 0 Å². The molecule has 0 saturated heterocycles. The molecule has 4 N–H and O–H groups in total. The first-order valence-corrected chi connectivity index (χ1v) is 8.15. The fourth-order valence-electron chi connectivity index (χ4n) is 1.56. The molecule has 1 aliphatic rings. The minimum absolute atomic E-state index is 0.137. The molecule has 20 heavy (non-hydrogen) atoms. The molecule has 0 heterocycles. The fourth-order valence-corrected chi connectivity index (χ4v) is 2.88. The highest BCUT2D eigenvalue weighted by Crippen LogP contribution is 2.18. The predicted molar refractivity (Wildman–Crippen MR) is 79.3 cm³/mol. The lowest BCUT2D eigenvalue weighted by atomic mass is 10.4. The largest absolute Gasteiger partial charge is 0.370 e. The summed E-state index contributed by atoms with van der Waals surface area (Å²) in [6.45, 7) is 0.466. The molecule has 6 nitrogen and oxygen atoms in total. The maximum atomic E-state index is 12.0. The molecule has 0 bridgehead atoms. The van der Waals surface area contributed by atoms with Gasteiger partial charge in [0.15, 0.2) is 5.96 Å². The van der Waals surface area contributed by atoms with Crippen molar-refractivity contribution >= 4 is 27.6 Å². The Balaban J connectivity index is 1.83. The van der Waals surface area contributed by atoms with Gasteiger partial charge in [-0.15, -0.1) is 0 Å². The molecule has 0 aromatic heterocycles. The van der Waals surface area contributed by atoms with E-state index in [-0.39, 0.29) is 18.0 Å². The van der Waals surface area contributed by atoms with Crippen LogP contribution in [-0.4, -0.2) is 33.5 Å². The van der Waals surface area contributed by atoms with E-state index in [9.17, 15) is 8.42 Å². The summed E-state index contributed by atoms with van der Waals surface area (Å²) in [5, 5.41) is 3.40. The Hall–Kier alpha value is -1.31. The van der Waals surface area contributed by atoms with Crippen LogP contribution < -0.4 is 15.8 Å². The molecule has 1 aliphatic carbocycles. The second-order valence-electron chi connectivity index (χ2n) is 4.54. The van der Waals surface area contributed by atoms with Gasteiger partial charge < -0.3 is 11.1 Å². The standard InChI is InChI=1S/C12H17ClN4O2S/c13-9-2-1-3-11(8-9)20(18,19)16-7-6-15-12(14)17-10-4-5-10/h1-3,8,10,16H,4-7H2,(H3,14,15,17). The summed E-state index contributed by atoms with van der Waals surface area (Å²) in [6, 6.07) is 6.53. The lowest BCUT2D eigenvalue weighted by molar-refractivity contribution is 0.582. The molecule has 0 atom stereocenters. The Labute approximate surface area is 123 Å². The van der Waals surface area contributed by atoms with Crippen molar-refractivity contribution in [3.05, 3.63) is 29.3 Å². The SMILES string of the molecule is NC(=NCCNS(=O)(=O)c1cccc(Cl)c1)NC1CC1. The first-order chi connectivity index (χ1) is 9.47. The Bertz CT molecular complexity index is 599. The monoisotopic (exact) mass is 316 g/mol. The summed E-state index contributed by atoms with van der Waals surface area (Å²) in [5.41, 5.74) is 5.64. The summed E-state index contributed by atoms with van der Waals surface area (Å²) >= 11 is 5.77. The Morgan fingerprint density at radius 1 is 1.45 bits per heavy atom. The van der Waals surface area contributed by atoms with Crippen molar-refractivity contribution in [2.24, 2.45) is 10.7 Å². The molecule has 2 rings (SSSR count). The van der Waals surface area contributed by atoms with Crippen LogP contribution in [0, 0.1) is 0 Å². The number of guanidine groups is 1. The summed E-state index contributed by atoms with van der Waals surface area (Å²) in [7, 11) is -3.56. The van der Waals surface area contributed by atoms with Gasteiger partial charge in [0.1, 0.15) is 0 Å². The van der Waals surface area contributed by atoms with Gasteiger partial charge in [-0.05, 0) is 31.0 Å². The quantitative estimate of drug-likeness (QED) is 0.408. The van der Waals surface area contributed by atoms with Gasteiger partial charge in [-0.2, -0.15) is 0 Å². The summed E-state index contributed by atoms with van der Waals surface area (Å²) in [4.78, 5) is 4.19. The highest BCUT2D eigenvalue weighted by Gasteiger charge is 2.21. The normalized spacial score (nSPS) is 16.1. The molecule has 1 aromatic carbocycles. The maximum Gasteiger partial charge on any atom is 0.240 e. The van der Waals surface area contributed by atoms with Crippen LogP contribution in [-0.2, 0) is 10.0 Å². The Morgan fingerprint density at radius 2 is 2.20 bits per heavy atom. The van der Waals surface area contributed by atoms with E-state index in [1.165, 1.54) is 12.1 Å². The number of halogens is 1. The Kier molecular flexibility index (Phi) is 4.85. The number of hydrogen-bond acceptors (Lipinski definition) is 3. The zero-order chi connectivity index (χ0) is 14.6. The first kappa shape index (κ1) is 15.1. The number of sulfonamides is 1. The van der Waals surface area contributed by atoms with Crippen LogP contribution in [0.15, 0.2) is 34.2 Å². The average Bonchev–Trinajstić information content (AvgIpc) is 3.19. The van der Waals surface area contributed by atoms with E-state index < -0.39 is 10.0 Å². The van der Waals surface area contributed by atoms with Gasteiger partial charge in [0.2, 0.25) is 10.0 Å². The molecule has 110 valence electrons. The number of hydrogen-bond donors (Lipinski definition) is 3. The van der Waals surface area contributed by atoms with Gasteiger partial charge in [0.05, 0.1) is 11.4 Å². The zero-order valence-corrected chi connectivity index (χ0v) is 12.4. The number of aliphatic imine (C=N–C) groups is 1. The molecular formula is C12H17ClN4O2S. The van der Waals surface area contributed by atoms with Crippen LogP contribution in [0.3, 0.4) is 0 Å². The van der Waals surface area contributed by atoms with Crippen LogP contribution in [0.1, 0.15) is 12.8 Å². The number of nitrogens with zero attached hydrogens (tertiary/aromatic N) is 1. The van der Waals surface area contributed by atoms with E-state index in [4.69, 9.17) is 17.3 Å². The second-order valence-corrected chi connectivity index (χ2v) is 6.74. The highest BCUT2D eigenvalue weighted by molar-refractivity contribution is 7.89. The maximum absolute atomic E-state index is 12.0. The zero-order valence-electron chi connectivity index (χ0n) is 10.8. The van der Waals surface area contributed by atoms with Gasteiger partial charge in [-0.25, -0.2) is 13.1 Å². The minimum atomic E-state index is -3.56. The molecular weight excluding hydrogens is 300 g/mol. The van der Waals surface area contributed by atoms with Gasteiger partial charge in [-0.1, -0.05) is 17.7 Å². The van der Waals surface area contributed by atoms with Crippen LogP contribution in [0.25, 0.3) is 0 Å². The van der Waals surface area contributed by atoms with Crippen LogP contribution in [0.5, 0.6) is 0 Å². The molecule has 1 fully saturated rings. The molecule has 0 unspecified atom stereocenters. The van der Waals surface area contributed by atoms with Gasteiger partial charge >= 0.3 is 0 Å². The second kappa shape index (κ2) is 6.43. The number of rotatable bonds is 6. The molecule has 0 spiro atoms. The van der Waals surface area contributed by atoms with Crippen LogP contribution in [0.4, 0.5) is 0 Å². The third kappa shape index (κ3) is 4.66. The lowest BCUT2D eigenvalue weighted by Crippen LogP contribution is -2.34. The van der Waals surface area contributed by atoms with E-state index in [0.717, 1.165) is 12.8 Å². The highest BCUT2D eigenvalue weighted by atomic mass is 35.5. The van der Waals surface area contributed by atoms with Crippen LogP contribution >= 0.6 is 11.6 Å². The summed E-state index contributed by atoms with van der Waals surface area (Å²) in [6.07, 6.45) is 2.22. The van der Waals surface area contributed by atoms with E-state index in [1.54, 1.807) is 12.1 Å². The molecule has 1 saturated carbocycles. The van der Waals surface area contributed by atoms with Crippen molar-refractivity contribution < 1.29 is 8.42 Å². The average molecular weight is 317 g/mol. The van der Waals surface area contributed by atoms with E-state index in [2.05, 4.69) is 15.0 Å². The third-order valence-electron chi connectivity index (χ3n) is 2.72. The topological polar surface area (TPSA) is 96.6 Å². The fraction of sp³-hybridized carbons (Fsp3) is 0.417. The van der Waals surface area contributed by atoms with Crippen molar-refractivity contribution in [3.63, 3.8) is 0 Å². The minimum Gasteiger partial charge on any atom is -0.370 e.